The van der Waals surface area contributed by atoms with E-state index in [1.54, 1.807) is 0 Å². The summed E-state index contributed by atoms with van der Waals surface area (Å²) < 4.78 is 4.91. The van der Waals surface area contributed by atoms with Gasteiger partial charge in [0, 0.05) is 0 Å². The highest BCUT2D eigenvalue weighted by atomic mass is 35.5. The van der Waals surface area contributed by atoms with Gasteiger partial charge < -0.3 is 10.5 Å². The standard InChI is InChI=1S/C7H5Cl4NO/c1-13-7-5(11)3(9)2(8)4(10)6(7)12/h12H2,1H3. The molecule has 0 saturated heterocycles. The molecule has 72 valence electrons. The van der Waals surface area contributed by atoms with Gasteiger partial charge in [-0.2, -0.15) is 0 Å². The van der Waals surface area contributed by atoms with Crippen LogP contribution in [0.2, 0.25) is 20.1 Å². The lowest BCUT2D eigenvalue weighted by atomic mass is 10.3. The van der Waals surface area contributed by atoms with E-state index in [0.717, 1.165) is 0 Å². The van der Waals surface area contributed by atoms with Crippen molar-refractivity contribution in [3.8, 4) is 5.75 Å². The third kappa shape index (κ3) is 1.77. The number of hydrogen-bond donors (Lipinski definition) is 1. The van der Waals surface area contributed by atoms with Gasteiger partial charge in [0.2, 0.25) is 0 Å². The summed E-state index contributed by atoms with van der Waals surface area (Å²) in [5.41, 5.74) is 5.76. The second-order valence-corrected chi connectivity index (χ2v) is 3.71. The van der Waals surface area contributed by atoms with Crippen LogP contribution in [0.25, 0.3) is 0 Å². The number of halogens is 4. The van der Waals surface area contributed by atoms with Crippen LogP contribution in [-0.2, 0) is 0 Å². The monoisotopic (exact) mass is 259 g/mol. The predicted octanol–water partition coefficient (Wildman–Crippen LogP) is 3.89. The molecule has 1 aromatic rings. The maximum atomic E-state index is 5.80. The van der Waals surface area contributed by atoms with Crippen molar-refractivity contribution in [2.24, 2.45) is 0 Å². The summed E-state index contributed by atoms with van der Waals surface area (Å²) in [7, 11) is 1.41. The van der Waals surface area contributed by atoms with Crippen LogP contribution in [0.3, 0.4) is 0 Å². The fourth-order valence-electron chi connectivity index (χ4n) is 0.828. The first-order valence-corrected chi connectivity index (χ1v) is 4.67. The minimum absolute atomic E-state index is 0.131. The first-order valence-electron chi connectivity index (χ1n) is 3.16. The number of benzene rings is 1. The summed E-state index contributed by atoms with van der Waals surface area (Å²) in [6.45, 7) is 0. The van der Waals surface area contributed by atoms with E-state index in [-0.39, 0.29) is 31.5 Å². The molecule has 0 unspecified atom stereocenters. The molecule has 13 heavy (non-hydrogen) atoms. The fourth-order valence-corrected chi connectivity index (χ4v) is 1.76. The van der Waals surface area contributed by atoms with Crippen LogP contribution >= 0.6 is 46.4 Å². The number of rotatable bonds is 1. The SMILES string of the molecule is COc1c(N)c(Cl)c(Cl)c(Cl)c1Cl. The Labute approximate surface area is 95.5 Å². The average molecular weight is 261 g/mol. The maximum absolute atomic E-state index is 5.80. The van der Waals surface area contributed by atoms with E-state index < -0.39 is 0 Å². The molecular formula is C7H5Cl4NO. The molecule has 2 N–H and O–H groups in total. The molecule has 2 nitrogen and oxygen atoms in total. The van der Waals surface area contributed by atoms with Gasteiger partial charge in [-0.05, 0) is 0 Å². The van der Waals surface area contributed by atoms with Crippen molar-refractivity contribution in [3.63, 3.8) is 0 Å². The quantitative estimate of drug-likeness (QED) is 0.472. The fraction of sp³-hybridized carbons (Fsp3) is 0.143. The Bertz CT molecular complexity index is 324. The second-order valence-electron chi connectivity index (χ2n) is 2.20. The summed E-state index contributed by atoms with van der Waals surface area (Å²) >= 11 is 23.0. The van der Waals surface area contributed by atoms with Crippen molar-refractivity contribution < 1.29 is 4.74 Å². The van der Waals surface area contributed by atoms with E-state index in [0.29, 0.717) is 0 Å². The Balaban J connectivity index is 3.56. The lowest BCUT2D eigenvalue weighted by molar-refractivity contribution is 0.417. The van der Waals surface area contributed by atoms with Gasteiger partial charge in [0.1, 0.15) is 5.02 Å². The van der Waals surface area contributed by atoms with Gasteiger partial charge in [-0.1, -0.05) is 46.4 Å². The molecule has 0 fully saturated rings. The summed E-state index contributed by atoms with van der Waals surface area (Å²) in [6.07, 6.45) is 0. The Morgan fingerprint density at radius 1 is 0.923 bits per heavy atom. The molecule has 0 aliphatic rings. The zero-order chi connectivity index (χ0) is 10.2. The van der Waals surface area contributed by atoms with Crippen LogP contribution in [0.1, 0.15) is 0 Å². The van der Waals surface area contributed by atoms with E-state index >= 15 is 0 Å². The molecule has 0 aromatic heterocycles. The summed E-state index contributed by atoms with van der Waals surface area (Å²) in [6, 6.07) is 0. The zero-order valence-electron chi connectivity index (χ0n) is 6.50. The molecule has 0 aliphatic heterocycles. The average Bonchev–Trinajstić information content (AvgIpc) is 2.13. The number of nitrogen functional groups attached to an aromatic ring is 1. The predicted molar refractivity (Wildman–Crippen MR) is 57.4 cm³/mol. The van der Waals surface area contributed by atoms with Crippen molar-refractivity contribution >= 4 is 52.1 Å². The molecule has 6 heteroatoms. The Hall–Kier alpha value is -0.0200. The van der Waals surface area contributed by atoms with Crippen molar-refractivity contribution in [1.82, 2.24) is 0 Å². The topological polar surface area (TPSA) is 35.2 Å². The molecule has 0 radical (unpaired) electrons. The third-order valence-corrected chi connectivity index (χ3v) is 3.26. The lowest BCUT2D eigenvalue weighted by Gasteiger charge is -2.11. The molecule has 0 amide bonds. The van der Waals surface area contributed by atoms with Gasteiger partial charge in [0.25, 0.3) is 0 Å². The van der Waals surface area contributed by atoms with Crippen molar-refractivity contribution in [1.29, 1.82) is 0 Å². The largest absolute Gasteiger partial charge is 0.493 e. The van der Waals surface area contributed by atoms with Crippen LogP contribution in [0, 0.1) is 0 Å². The third-order valence-electron chi connectivity index (χ3n) is 1.46. The first-order chi connectivity index (χ1) is 6.00. The number of methoxy groups -OCH3 is 1. The highest BCUT2D eigenvalue weighted by Crippen LogP contribution is 2.47. The van der Waals surface area contributed by atoms with Gasteiger partial charge in [-0.25, -0.2) is 0 Å². The van der Waals surface area contributed by atoms with Crippen LogP contribution in [0.5, 0.6) is 5.75 Å². The second kappa shape index (κ2) is 4.01. The summed E-state index contributed by atoms with van der Waals surface area (Å²) in [4.78, 5) is 0. The molecular weight excluding hydrogens is 256 g/mol. The molecule has 0 heterocycles. The Kier molecular flexibility index (Phi) is 3.41. The van der Waals surface area contributed by atoms with E-state index in [1.165, 1.54) is 7.11 Å². The van der Waals surface area contributed by atoms with Crippen molar-refractivity contribution in [2.75, 3.05) is 12.8 Å². The Morgan fingerprint density at radius 3 is 1.85 bits per heavy atom. The van der Waals surface area contributed by atoms with Gasteiger partial charge in [-0.15, -0.1) is 0 Å². The van der Waals surface area contributed by atoms with Crippen LogP contribution in [0.4, 0.5) is 5.69 Å². The van der Waals surface area contributed by atoms with E-state index in [9.17, 15) is 0 Å². The molecule has 1 aromatic carbocycles. The first kappa shape index (κ1) is 11.1. The Morgan fingerprint density at radius 2 is 1.38 bits per heavy atom. The highest BCUT2D eigenvalue weighted by Gasteiger charge is 2.18. The number of anilines is 1. The van der Waals surface area contributed by atoms with Gasteiger partial charge >= 0.3 is 0 Å². The molecule has 0 saturated carbocycles. The molecule has 0 aliphatic carbocycles. The number of nitrogens with two attached hydrogens (primary N) is 1. The smallest absolute Gasteiger partial charge is 0.163 e. The summed E-state index contributed by atoms with van der Waals surface area (Å²) in [5.74, 6) is 0.237. The summed E-state index contributed by atoms with van der Waals surface area (Å²) in [5, 5.41) is 0.579. The molecule has 0 spiro atoms. The maximum Gasteiger partial charge on any atom is 0.163 e. The normalized spacial score (nSPS) is 10.2. The van der Waals surface area contributed by atoms with E-state index in [1.807, 2.05) is 0 Å². The molecule has 0 atom stereocenters. The van der Waals surface area contributed by atoms with Gasteiger partial charge in [0.15, 0.2) is 5.75 Å². The minimum Gasteiger partial charge on any atom is -0.493 e. The van der Waals surface area contributed by atoms with Gasteiger partial charge in [0.05, 0.1) is 27.9 Å². The highest BCUT2D eigenvalue weighted by molar-refractivity contribution is 6.53. The molecule has 0 bridgehead atoms. The van der Waals surface area contributed by atoms with Gasteiger partial charge in [-0.3, -0.25) is 0 Å². The number of hydrogen-bond acceptors (Lipinski definition) is 2. The van der Waals surface area contributed by atoms with E-state index in [4.69, 9.17) is 56.9 Å². The van der Waals surface area contributed by atoms with Crippen LogP contribution in [0.15, 0.2) is 0 Å². The number of ether oxygens (including phenoxy) is 1. The lowest BCUT2D eigenvalue weighted by Crippen LogP contribution is -1.95. The van der Waals surface area contributed by atoms with E-state index in [2.05, 4.69) is 0 Å². The van der Waals surface area contributed by atoms with Crippen LogP contribution in [-0.4, -0.2) is 7.11 Å². The van der Waals surface area contributed by atoms with Crippen molar-refractivity contribution in [3.05, 3.63) is 20.1 Å². The van der Waals surface area contributed by atoms with Crippen molar-refractivity contribution in [2.45, 2.75) is 0 Å². The van der Waals surface area contributed by atoms with Crippen LogP contribution < -0.4 is 10.5 Å². The zero-order valence-corrected chi connectivity index (χ0v) is 9.52. The molecule has 1 rings (SSSR count). The minimum atomic E-state index is 0.131.